The van der Waals surface area contributed by atoms with Gasteiger partial charge in [-0.15, -0.1) is 13.2 Å². The highest BCUT2D eigenvalue weighted by Gasteiger charge is 2.31. The molecule has 2 aromatic heterocycles. The molecule has 0 atom stereocenters. The third-order valence-corrected chi connectivity index (χ3v) is 5.52. The quantitative estimate of drug-likeness (QED) is 0.451. The number of rotatable bonds is 6. The molecule has 0 bridgehead atoms. The largest absolute Gasteiger partial charge is 0.573 e. The zero-order valence-corrected chi connectivity index (χ0v) is 19.0. The van der Waals surface area contributed by atoms with E-state index in [2.05, 4.69) is 25.3 Å². The monoisotopic (exact) mass is 507 g/mol. The Labute approximate surface area is 204 Å². The lowest BCUT2D eigenvalue weighted by atomic mass is 10.1. The fraction of sp³-hybridized carbons (Fsp3) is 0.261. The summed E-state index contributed by atoms with van der Waals surface area (Å²) in [6, 6.07) is 9.76. The minimum absolute atomic E-state index is 0.0152. The lowest BCUT2D eigenvalue weighted by Gasteiger charge is -2.33. The van der Waals surface area contributed by atoms with Crippen molar-refractivity contribution in [1.82, 2.24) is 15.3 Å². The van der Waals surface area contributed by atoms with E-state index in [9.17, 15) is 18.0 Å². The van der Waals surface area contributed by atoms with E-state index in [-0.39, 0.29) is 22.8 Å². The highest BCUT2D eigenvalue weighted by atomic mass is 35.5. The van der Waals surface area contributed by atoms with Crippen LogP contribution in [0.5, 0.6) is 17.2 Å². The van der Waals surface area contributed by atoms with Gasteiger partial charge >= 0.3 is 12.4 Å². The molecule has 12 heteroatoms. The van der Waals surface area contributed by atoms with Crippen LogP contribution in [0, 0.1) is 0 Å². The van der Waals surface area contributed by atoms with Gasteiger partial charge in [0.1, 0.15) is 16.5 Å². The van der Waals surface area contributed by atoms with Gasteiger partial charge in [-0.2, -0.15) is 0 Å². The number of nitrogens with one attached hydrogen (secondary N) is 2. The zero-order chi connectivity index (χ0) is 24.8. The van der Waals surface area contributed by atoms with Crippen molar-refractivity contribution in [3.05, 3.63) is 66.1 Å². The molecule has 1 aliphatic heterocycles. The number of hydrogen-bond donors (Lipinski definition) is 2. The summed E-state index contributed by atoms with van der Waals surface area (Å²) in [6.45, 7) is 1.22. The Morgan fingerprint density at radius 1 is 1.06 bits per heavy atom. The van der Waals surface area contributed by atoms with E-state index >= 15 is 0 Å². The summed E-state index contributed by atoms with van der Waals surface area (Å²) in [4.78, 5) is 22.5. The smallest absolute Gasteiger partial charge is 0.456 e. The van der Waals surface area contributed by atoms with Gasteiger partial charge in [-0.05, 0) is 49.2 Å². The van der Waals surface area contributed by atoms with Gasteiger partial charge in [0.15, 0.2) is 11.6 Å². The maximum atomic E-state index is 12.3. The Balaban J connectivity index is 1.33. The minimum Gasteiger partial charge on any atom is -0.456 e. The van der Waals surface area contributed by atoms with E-state index in [1.807, 2.05) is 4.90 Å². The summed E-state index contributed by atoms with van der Waals surface area (Å²) >= 11 is 6.53. The van der Waals surface area contributed by atoms with Gasteiger partial charge in [0.25, 0.3) is 0 Å². The fourth-order valence-electron chi connectivity index (χ4n) is 3.58. The summed E-state index contributed by atoms with van der Waals surface area (Å²) in [6.07, 6.45) is 1.34. The summed E-state index contributed by atoms with van der Waals surface area (Å²) in [5.74, 6) is 0.787. The standard InChI is InChI=1S/C23H21ClF3N5O3/c24-20-19(34-17-3-5-18(6-4-17)35-23(25,26)27)7-11-29-21(20)32-12-8-15(9-13-32)30-22(33)31-16-2-1-10-28-14-16/h1-7,10-11,14-15H,8-9,12-13H2,(H2,30,31,33). The highest BCUT2D eigenvalue weighted by Crippen LogP contribution is 2.37. The molecular weight excluding hydrogens is 487 g/mol. The maximum absolute atomic E-state index is 12.3. The Hall–Kier alpha value is -3.73. The number of pyridine rings is 2. The second-order valence-electron chi connectivity index (χ2n) is 7.67. The van der Waals surface area contributed by atoms with Crippen molar-refractivity contribution < 1.29 is 27.4 Å². The third-order valence-electron chi connectivity index (χ3n) is 5.17. The van der Waals surface area contributed by atoms with Crippen molar-refractivity contribution in [1.29, 1.82) is 0 Å². The minimum atomic E-state index is -4.77. The first kappa shape index (κ1) is 24.4. The number of nitrogens with zero attached hydrogens (tertiary/aromatic N) is 3. The lowest BCUT2D eigenvalue weighted by molar-refractivity contribution is -0.274. The molecule has 0 saturated carbocycles. The van der Waals surface area contributed by atoms with Crippen molar-refractivity contribution in [3.8, 4) is 17.2 Å². The zero-order valence-electron chi connectivity index (χ0n) is 18.3. The predicted molar refractivity (Wildman–Crippen MR) is 124 cm³/mol. The highest BCUT2D eigenvalue weighted by molar-refractivity contribution is 6.34. The molecule has 2 amide bonds. The number of anilines is 2. The predicted octanol–water partition coefficient (Wildman–Crippen LogP) is 5.61. The Bertz CT molecular complexity index is 1140. The molecule has 1 fully saturated rings. The molecule has 3 aromatic rings. The topological polar surface area (TPSA) is 88.6 Å². The number of piperidine rings is 1. The Morgan fingerprint density at radius 2 is 1.77 bits per heavy atom. The average molecular weight is 508 g/mol. The molecule has 1 aromatic carbocycles. The fourth-order valence-corrected chi connectivity index (χ4v) is 3.85. The number of benzene rings is 1. The van der Waals surface area contributed by atoms with Gasteiger partial charge in [-0.3, -0.25) is 4.98 Å². The van der Waals surface area contributed by atoms with Gasteiger partial charge in [0.05, 0.1) is 11.9 Å². The van der Waals surface area contributed by atoms with Crippen LogP contribution in [0.3, 0.4) is 0 Å². The van der Waals surface area contributed by atoms with Crippen LogP contribution in [-0.4, -0.2) is 41.5 Å². The molecule has 35 heavy (non-hydrogen) atoms. The molecule has 0 spiro atoms. The van der Waals surface area contributed by atoms with Crippen LogP contribution in [0.15, 0.2) is 61.1 Å². The van der Waals surface area contributed by atoms with Gasteiger partial charge in [-0.25, -0.2) is 9.78 Å². The number of hydrogen-bond acceptors (Lipinski definition) is 6. The molecule has 3 heterocycles. The van der Waals surface area contributed by atoms with Crippen molar-refractivity contribution in [2.45, 2.75) is 25.2 Å². The van der Waals surface area contributed by atoms with E-state index in [0.29, 0.717) is 48.9 Å². The molecule has 0 radical (unpaired) electrons. The number of amides is 2. The van der Waals surface area contributed by atoms with Crippen LogP contribution < -0.4 is 25.0 Å². The number of alkyl halides is 3. The molecule has 0 unspecified atom stereocenters. The maximum Gasteiger partial charge on any atom is 0.573 e. The molecule has 8 nitrogen and oxygen atoms in total. The van der Waals surface area contributed by atoms with Gasteiger partial charge in [-0.1, -0.05) is 11.6 Å². The molecule has 0 aliphatic carbocycles. The number of carbonyl (C=O) groups excluding carboxylic acids is 1. The third kappa shape index (κ3) is 6.89. The van der Waals surface area contributed by atoms with Crippen molar-refractivity contribution in [3.63, 3.8) is 0 Å². The van der Waals surface area contributed by atoms with E-state index in [1.54, 1.807) is 36.8 Å². The molecule has 184 valence electrons. The van der Waals surface area contributed by atoms with E-state index < -0.39 is 6.36 Å². The summed E-state index contributed by atoms with van der Waals surface area (Å²) in [5.41, 5.74) is 0.609. The normalized spacial score (nSPS) is 14.3. The average Bonchev–Trinajstić information content (AvgIpc) is 2.82. The first-order valence-corrected chi connectivity index (χ1v) is 11.1. The number of aromatic nitrogens is 2. The first-order valence-electron chi connectivity index (χ1n) is 10.7. The van der Waals surface area contributed by atoms with Gasteiger partial charge in [0.2, 0.25) is 0 Å². The van der Waals surface area contributed by atoms with E-state index in [1.165, 1.54) is 12.1 Å². The van der Waals surface area contributed by atoms with Crippen molar-refractivity contribution in [2.75, 3.05) is 23.3 Å². The summed E-state index contributed by atoms with van der Waals surface area (Å²) < 4.78 is 46.6. The number of carbonyl (C=O) groups is 1. The van der Waals surface area contributed by atoms with Gasteiger partial charge in [0, 0.05) is 37.6 Å². The summed E-state index contributed by atoms with van der Waals surface area (Å²) in [5, 5.41) is 5.98. The molecule has 4 rings (SSSR count). The first-order chi connectivity index (χ1) is 16.8. The van der Waals surface area contributed by atoms with Gasteiger partial charge < -0.3 is 25.0 Å². The molecular formula is C23H21ClF3N5O3. The van der Waals surface area contributed by atoms with E-state index in [0.717, 1.165) is 12.1 Å². The SMILES string of the molecule is O=C(Nc1cccnc1)NC1CCN(c2nccc(Oc3ccc(OC(F)(F)F)cc3)c2Cl)CC1. The van der Waals surface area contributed by atoms with Crippen LogP contribution in [0.2, 0.25) is 5.02 Å². The van der Waals surface area contributed by atoms with Crippen LogP contribution >= 0.6 is 11.6 Å². The molecule has 1 aliphatic rings. The Kier molecular flexibility index (Phi) is 7.45. The lowest BCUT2D eigenvalue weighted by Crippen LogP contribution is -2.46. The van der Waals surface area contributed by atoms with Crippen molar-refractivity contribution >= 4 is 29.1 Å². The number of urea groups is 1. The van der Waals surface area contributed by atoms with Crippen LogP contribution in [-0.2, 0) is 0 Å². The Morgan fingerprint density at radius 3 is 2.43 bits per heavy atom. The van der Waals surface area contributed by atoms with E-state index in [4.69, 9.17) is 16.3 Å². The van der Waals surface area contributed by atoms with Crippen LogP contribution in [0.1, 0.15) is 12.8 Å². The van der Waals surface area contributed by atoms with Crippen molar-refractivity contribution in [2.24, 2.45) is 0 Å². The number of halogens is 4. The second kappa shape index (κ2) is 10.7. The summed E-state index contributed by atoms with van der Waals surface area (Å²) in [7, 11) is 0. The number of ether oxygens (including phenoxy) is 2. The van der Waals surface area contributed by atoms with Crippen LogP contribution in [0.4, 0.5) is 29.5 Å². The van der Waals surface area contributed by atoms with Crippen LogP contribution in [0.25, 0.3) is 0 Å². The molecule has 2 N–H and O–H groups in total. The molecule has 1 saturated heterocycles. The second-order valence-corrected chi connectivity index (χ2v) is 8.05.